The number of nitrogens with zero attached hydrogens (tertiary/aromatic N) is 3. The number of aromatic amines is 1. The van der Waals surface area contributed by atoms with Gasteiger partial charge in [0.25, 0.3) is 5.56 Å². The number of nitrogens with one attached hydrogen (secondary N) is 1. The summed E-state index contributed by atoms with van der Waals surface area (Å²) in [5.41, 5.74) is 1.89. The van der Waals surface area contributed by atoms with Gasteiger partial charge in [0.1, 0.15) is 11.6 Å². The molecule has 0 unspecified atom stereocenters. The molecular formula is C21H28N4O2. The van der Waals surface area contributed by atoms with Gasteiger partial charge in [0.2, 0.25) is 0 Å². The van der Waals surface area contributed by atoms with Crippen LogP contribution in [0.1, 0.15) is 61.4 Å². The van der Waals surface area contributed by atoms with Crippen LogP contribution in [0.25, 0.3) is 0 Å². The Morgan fingerprint density at radius 3 is 2.78 bits per heavy atom. The van der Waals surface area contributed by atoms with Gasteiger partial charge in [-0.05, 0) is 37.7 Å². The molecule has 1 aliphatic carbocycles. The zero-order valence-electron chi connectivity index (χ0n) is 16.0. The number of piperidine rings is 1. The zero-order valence-corrected chi connectivity index (χ0v) is 16.0. The van der Waals surface area contributed by atoms with Crippen molar-refractivity contribution in [1.29, 1.82) is 0 Å². The van der Waals surface area contributed by atoms with E-state index in [0.717, 1.165) is 80.1 Å². The molecule has 2 aromatic heterocycles. The van der Waals surface area contributed by atoms with E-state index < -0.39 is 0 Å². The summed E-state index contributed by atoms with van der Waals surface area (Å²) in [7, 11) is 0. The summed E-state index contributed by atoms with van der Waals surface area (Å²) in [6, 6.07) is 4.18. The average Bonchev–Trinajstić information content (AvgIpc) is 3.42. The van der Waals surface area contributed by atoms with Crippen molar-refractivity contribution in [3.05, 3.63) is 45.3 Å². The van der Waals surface area contributed by atoms with E-state index in [-0.39, 0.29) is 5.56 Å². The fourth-order valence-corrected chi connectivity index (χ4v) is 4.26. The van der Waals surface area contributed by atoms with Gasteiger partial charge in [0, 0.05) is 44.6 Å². The Bertz CT molecular complexity index is 875. The molecule has 4 heterocycles. The highest BCUT2D eigenvalue weighted by Gasteiger charge is 2.29. The molecule has 144 valence electrons. The van der Waals surface area contributed by atoms with E-state index in [0.29, 0.717) is 12.5 Å². The largest absolute Gasteiger partial charge is 0.444 e. The molecule has 0 amide bonds. The van der Waals surface area contributed by atoms with Crippen LogP contribution in [-0.2, 0) is 19.5 Å². The SMILES string of the molecule is CC1CCN(c2ccc(CN3CCc4nc(C5CC5)[nH]c(=O)c4C3)o2)CC1. The van der Waals surface area contributed by atoms with Crippen LogP contribution in [0.15, 0.2) is 21.3 Å². The Morgan fingerprint density at radius 1 is 1.19 bits per heavy atom. The van der Waals surface area contributed by atoms with Crippen LogP contribution in [0.3, 0.4) is 0 Å². The normalized spacial score (nSPS) is 21.4. The fraction of sp³-hybridized carbons (Fsp3) is 0.619. The third-order valence-corrected chi connectivity index (χ3v) is 6.25. The maximum atomic E-state index is 12.5. The lowest BCUT2D eigenvalue weighted by atomic mass is 9.99. The first kappa shape index (κ1) is 17.0. The first-order chi connectivity index (χ1) is 13.2. The van der Waals surface area contributed by atoms with Gasteiger partial charge >= 0.3 is 0 Å². The molecule has 0 spiro atoms. The van der Waals surface area contributed by atoms with Crippen LogP contribution in [0.2, 0.25) is 0 Å². The minimum absolute atomic E-state index is 0.0502. The summed E-state index contributed by atoms with van der Waals surface area (Å²) >= 11 is 0. The molecule has 1 N–H and O–H groups in total. The number of aromatic nitrogens is 2. The minimum Gasteiger partial charge on any atom is -0.444 e. The topological polar surface area (TPSA) is 65.4 Å². The van der Waals surface area contributed by atoms with Gasteiger partial charge in [0.15, 0.2) is 5.88 Å². The van der Waals surface area contributed by atoms with Crippen molar-refractivity contribution in [1.82, 2.24) is 14.9 Å². The summed E-state index contributed by atoms with van der Waals surface area (Å²) in [6.07, 6.45) is 5.63. The van der Waals surface area contributed by atoms with Crippen molar-refractivity contribution in [2.45, 2.75) is 58.0 Å². The van der Waals surface area contributed by atoms with Crippen molar-refractivity contribution in [3.63, 3.8) is 0 Å². The second-order valence-electron chi connectivity index (χ2n) is 8.52. The molecular weight excluding hydrogens is 340 g/mol. The third-order valence-electron chi connectivity index (χ3n) is 6.25. The lowest BCUT2D eigenvalue weighted by molar-refractivity contribution is 0.222. The highest BCUT2D eigenvalue weighted by Crippen LogP contribution is 2.38. The lowest BCUT2D eigenvalue weighted by Crippen LogP contribution is -2.35. The summed E-state index contributed by atoms with van der Waals surface area (Å²) in [6.45, 7) is 6.80. The lowest BCUT2D eigenvalue weighted by Gasteiger charge is -2.30. The molecule has 0 atom stereocenters. The molecule has 27 heavy (non-hydrogen) atoms. The van der Waals surface area contributed by atoms with E-state index in [1.54, 1.807) is 0 Å². The predicted molar refractivity (Wildman–Crippen MR) is 104 cm³/mol. The molecule has 1 saturated carbocycles. The van der Waals surface area contributed by atoms with Crippen molar-refractivity contribution in [2.24, 2.45) is 5.92 Å². The first-order valence-electron chi connectivity index (χ1n) is 10.3. The molecule has 5 rings (SSSR count). The average molecular weight is 368 g/mol. The van der Waals surface area contributed by atoms with Crippen LogP contribution in [0, 0.1) is 5.92 Å². The third kappa shape index (κ3) is 3.55. The minimum atomic E-state index is 0.0502. The molecule has 0 bridgehead atoms. The van der Waals surface area contributed by atoms with Gasteiger partial charge in [-0.25, -0.2) is 4.98 Å². The summed E-state index contributed by atoms with van der Waals surface area (Å²) in [5, 5.41) is 0. The number of H-pyrrole nitrogens is 1. The maximum Gasteiger partial charge on any atom is 0.255 e. The number of rotatable bonds is 4. The Morgan fingerprint density at radius 2 is 2.00 bits per heavy atom. The van der Waals surface area contributed by atoms with E-state index in [2.05, 4.69) is 33.8 Å². The van der Waals surface area contributed by atoms with Crippen LogP contribution in [0.5, 0.6) is 0 Å². The Labute approximate surface area is 159 Å². The van der Waals surface area contributed by atoms with E-state index in [1.807, 2.05) is 0 Å². The molecule has 0 radical (unpaired) electrons. The van der Waals surface area contributed by atoms with Crippen molar-refractivity contribution >= 4 is 5.88 Å². The second kappa shape index (κ2) is 6.82. The van der Waals surface area contributed by atoms with Gasteiger partial charge in [-0.3, -0.25) is 9.69 Å². The van der Waals surface area contributed by atoms with E-state index >= 15 is 0 Å². The van der Waals surface area contributed by atoms with Crippen LogP contribution < -0.4 is 10.5 Å². The molecule has 1 saturated heterocycles. The van der Waals surface area contributed by atoms with E-state index in [4.69, 9.17) is 9.40 Å². The first-order valence-corrected chi connectivity index (χ1v) is 10.3. The number of hydrogen-bond donors (Lipinski definition) is 1. The van der Waals surface area contributed by atoms with Crippen LogP contribution in [0.4, 0.5) is 5.88 Å². The van der Waals surface area contributed by atoms with E-state index in [9.17, 15) is 4.79 Å². The molecule has 6 heteroatoms. The standard InChI is InChI=1S/C21H28N4O2/c1-14-6-10-25(11-7-14)19-5-4-16(27-19)12-24-9-8-18-17(13-24)21(26)23-20(22-18)15-2-3-15/h4-5,14-15H,2-3,6-13H2,1H3,(H,22,23,26). The number of anilines is 1. The van der Waals surface area contributed by atoms with Crippen LogP contribution in [-0.4, -0.2) is 34.5 Å². The molecule has 2 aliphatic heterocycles. The monoisotopic (exact) mass is 368 g/mol. The second-order valence-corrected chi connectivity index (χ2v) is 8.52. The molecule has 3 aliphatic rings. The Hall–Kier alpha value is -2.08. The predicted octanol–water partition coefficient (Wildman–Crippen LogP) is 3.03. The van der Waals surface area contributed by atoms with Gasteiger partial charge in [-0.2, -0.15) is 0 Å². The highest BCUT2D eigenvalue weighted by atomic mass is 16.4. The molecule has 6 nitrogen and oxygen atoms in total. The molecule has 2 fully saturated rings. The number of hydrogen-bond acceptors (Lipinski definition) is 5. The maximum absolute atomic E-state index is 12.5. The van der Waals surface area contributed by atoms with Gasteiger partial charge < -0.3 is 14.3 Å². The van der Waals surface area contributed by atoms with Crippen molar-refractivity contribution in [2.75, 3.05) is 24.5 Å². The number of furan rings is 1. The van der Waals surface area contributed by atoms with Gasteiger partial charge in [-0.15, -0.1) is 0 Å². The van der Waals surface area contributed by atoms with E-state index in [1.165, 1.54) is 12.8 Å². The zero-order chi connectivity index (χ0) is 18.4. The van der Waals surface area contributed by atoms with Gasteiger partial charge in [-0.1, -0.05) is 6.92 Å². The van der Waals surface area contributed by atoms with Crippen molar-refractivity contribution < 1.29 is 4.42 Å². The summed E-state index contributed by atoms with van der Waals surface area (Å²) in [4.78, 5) is 24.9. The highest BCUT2D eigenvalue weighted by molar-refractivity contribution is 5.37. The smallest absolute Gasteiger partial charge is 0.255 e. The van der Waals surface area contributed by atoms with Gasteiger partial charge in [0.05, 0.1) is 17.8 Å². The quantitative estimate of drug-likeness (QED) is 0.899. The van der Waals surface area contributed by atoms with Crippen LogP contribution >= 0.6 is 0 Å². The summed E-state index contributed by atoms with van der Waals surface area (Å²) < 4.78 is 6.12. The van der Waals surface area contributed by atoms with Crippen molar-refractivity contribution in [3.8, 4) is 0 Å². The molecule has 0 aromatic carbocycles. The Balaban J connectivity index is 1.26. The molecule has 2 aromatic rings. The Kier molecular flexibility index (Phi) is 4.31. The fourth-order valence-electron chi connectivity index (χ4n) is 4.26. The number of fused-ring (bicyclic) bond motifs is 1. The summed E-state index contributed by atoms with van der Waals surface area (Å²) in [5.74, 6) is 4.17.